The van der Waals surface area contributed by atoms with E-state index in [1.54, 1.807) is 15.8 Å². The lowest BCUT2D eigenvalue weighted by Gasteiger charge is -2.35. The van der Waals surface area contributed by atoms with E-state index in [9.17, 15) is 9.59 Å². The molecule has 0 aliphatic carbocycles. The maximum atomic E-state index is 12.4. The van der Waals surface area contributed by atoms with E-state index >= 15 is 0 Å². The van der Waals surface area contributed by atoms with Crippen molar-refractivity contribution in [2.45, 2.75) is 26.2 Å². The Morgan fingerprint density at radius 3 is 2.72 bits per heavy atom. The minimum atomic E-state index is -0.757. The number of aryl methyl sites for hydroxylation is 1. The molecule has 1 aliphatic heterocycles. The van der Waals surface area contributed by atoms with Crippen LogP contribution in [-0.4, -0.2) is 44.8 Å². The van der Waals surface area contributed by atoms with E-state index in [0.29, 0.717) is 32.4 Å². The first-order valence-corrected chi connectivity index (χ1v) is 8.64. The van der Waals surface area contributed by atoms with E-state index in [1.807, 2.05) is 43.5 Å². The second kappa shape index (κ2) is 7.51. The predicted octanol–water partition coefficient (Wildman–Crippen LogP) is 2.37. The van der Waals surface area contributed by atoms with Gasteiger partial charge in [-0.3, -0.25) is 9.59 Å². The van der Waals surface area contributed by atoms with Crippen LogP contribution in [0.4, 0.5) is 0 Å². The fourth-order valence-electron chi connectivity index (χ4n) is 3.36. The summed E-state index contributed by atoms with van der Waals surface area (Å²) in [5.74, 6) is -1.01. The zero-order chi connectivity index (χ0) is 17.8. The average Bonchev–Trinajstić information content (AvgIpc) is 3.09. The molecule has 1 aromatic heterocycles. The molecule has 6 heteroatoms. The van der Waals surface area contributed by atoms with Gasteiger partial charge in [0.2, 0.25) is 5.91 Å². The van der Waals surface area contributed by atoms with Crippen LogP contribution in [0.2, 0.25) is 0 Å². The van der Waals surface area contributed by atoms with Gasteiger partial charge < -0.3 is 10.0 Å². The molecule has 1 N–H and O–H groups in total. The predicted molar refractivity (Wildman–Crippen MR) is 93.4 cm³/mol. The topological polar surface area (TPSA) is 75.4 Å². The zero-order valence-electron chi connectivity index (χ0n) is 14.3. The number of aromatic nitrogens is 2. The Kier molecular flexibility index (Phi) is 5.16. The lowest BCUT2D eigenvalue weighted by Crippen LogP contribution is -2.45. The van der Waals surface area contributed by atoms with E-state index in [1.165, 1.54) is 0 Å². The minimum absolute atomic E-state index is 0.00368. The number of amides is 1. The first kappa shape index (κ1) is 17.2. The normalized spacial score (nSPS) is 20.4. The van der Waals surface area contributed by atoms with Gasteiger partial charge in [0.15, 0.2) is 0 Å². The highest BCUT2D eigenvalue weighted by Gasteiger charge is 2.32. The first-order chi connectivity index (χ1) is 12.0. The SMILES string of the molecule is CC1CN(C(=O)CCc2cnn(-c3ccccc3)c2)CCC1C(=O)O. The lowest BCUT2D eigenvalue weighted by molar-refractivity contribution is -0.148. The number of hydrogen-bond donors (Lipinski definition) is 1. The van der Waals surface area contributed by atoms with Gasteiger partial charge in [0.05, 0.1) is 17.8 Å². The van der Waals surface area contributed by atoms with Crippen molar-refractivity contribution >= 4 is 11.9 Å². The summed E-state index contributed by atoms with van der Waals surface area (Å²) < 4.78 is 1.81. The highest BCUT2D eigenvalue weighted by molar-refractivity contribution is 5.77. The number of carboxylic acid groups (broad SMARTS) is 1. The zero-order valence-corrected chi connectivity index (χ0v) is 14.3. The van der Waals surface area contributed by atoms with Gasteiger partial charge in [0.25, 0.3) is 0 Å². The van der Waals surface area contributed by atoms with Gasteiger partial charge >= 0.3 is 5.97 Å². The van der Waals surface area contributed by atoms with Crippen molar-refractivity contribution in [3.05, 3.63) is 48.3 Å². The van der Waals surface area contributed by atoms with Gasteiger partial charge in [0, 0.05) is 25.7 Å². The van der Waals surface area contributed by atoms with Crippen LogP contribution in [0.1, 0.15) is 25.3 Å². The Morgan fingerprint density at radius 2 is 2.04 bits per heavy atom. The fraction of sp³-hybridized carbons (Fsp3) is 0.421. The summed E-state index contributed by atoms with van der Waals surface area (Å²) in [6, 6.07) is 9.84. The Morgan fingerprint density at radius 1 is 1.28 bits per heavy atom. The van der Waals surface area contributed by atoms with Gasteiger partial charge in [-0.15, -0.1) is 0 Å². The smallest absolute Gasteiger partial charge is 0.306 e. The molecule has 1 aliphatic rings. The van der Waals surface area contributed by atoms with Crippen molar-refractivity contribution in [1.29, 1.82) is 0 Å². The molecule has 1 aromatic carbocycles. The Hall–Kier alpha value is -2.63. The van der Waals surface area contributed by atoms with Gasteiger partial charge in [-0.25, -0.2) is 4.68 Å². The molecule has 2 heterocycles. The number of carbonyl (C=O) groups is 2. The molecule has 1 amide bonds. The number of benzene rings is 1. The molecule has 2 atom stereocenters. The number of likely N-dealkylation sites (tertiary alicyclic amines) is 1. The van der Waals surface area contributed by atoms with Crippen LogP contribution in [-0.2, 0) is 16.0 Å². The van der Waals surface area contributed by atoms with Crippen LogP contribution < -0.4 is 0 Å². The number of para-hydroxylation sites is 1. The molecule has 132 valence electrons. The molecule has 0 spiro atoms. The molecule has 1 saturated heterocycles. The summed E-state index contributed by atoms with van der Waals surface area (Å²) in [5.41, 5.74) is 2.01. The molecular formula is C19H23N3O3. The molecule has 0 saturated carbocycles. The lowest BCUT2D eigenvalue weighted by atomic mass is 9.87. The van der Waals surface area contributed by atoms with Crippen molar-refractivity contribution in [2.75, 3.05) is 13.1 Å². The molecule has 2 aromatic rings. The molecule has 6 nitrogen and oxygen atoms in total. The maximum Gasteiger partial charge on any atom is 0.306 e. The van der Waals surface area contributed by atoms with Crippen LogP contribution in [0.5, 0.6) is 0 Å². The van der Waals surface area contributed by atoms with Crippen LogP contribution in [0, 0.1) is 11.8 Å². The van der Waals surface area contributed by atoms with Crippen molar-refractivity contribution in [2.24, 2.45) is 11.8 Å². The minimum Gasteiger partial charge on any atom is -0.481 e. The molecule has 25 heavy (non-hydrogen) atoms. The van der Waals surface area contributed by atoms with Crippen molar-refractivity contribution in [1.82, 2.24) is 14.7 Å². The number of carboxylic acids is 1. The summed E-state index contributed by atoms with van der Waals surface area (Å²) in [5, 5.41) is 13.5. The fourth-order valence-corrected chi connectivity index (χ4v) is 3.36. The van der Waals surface area contributed by atoms with E-state index in [2.05, 4.69) is 5.10 Å². The van der Waals surface area contributed by atoms with Gasteiger partial charge in [-0.1, -0.05) is 25.1 Å². The van der Waals surface area contributed by atoms with Gasteiger partial charge in [-0.2, -0.15) is 5.10 Å². The van der Waals surface area contributed by atoms with Crippen molar-refractivity contribution in [3.8, 4) is 5.69 Å². The number of aliphatic carboxylic acids is 1. The number of piperidine rings is 1. The third-order valence-corrected chi connectivity index (χ3v) is 4.86. The third kappa shape index (κ3) is 4.07. The van der Waals surface area contributed by atoms with Crippen molar-refractivity contribution < 1.29 is 14.7 Å². The summed E-state index contributed by atoms with van der Waals surface area (Å²) in [7, 11) is 0. The Bertz CT molecular complexity index is 741. The van der Waals surface area contributed by atoms with Crippen molar-refractivity contribution in [3.63, 3.8) is 0 Å². The third-order valence-electron chi connectivity index (χ3n) is 4.86. The Labute approximate surface area is 147 Å². The molecule has 0 radical (unpaired) electrons. The summed E-state index contributed by atoms with van der Waals surface area (Å²) in [4.78, 5) is 25.4. The maximum absolute atomic E-state index is 12.4. The van der Waals surface area contributed by atoms with Crippen LogP contribution in [0.25, 0.3) is 5.69 Å². The molecule has 2 unspecified atom stereocenters. The summed E-state index contributed by atoms with van der Waals surface area (Å²) in [6.45, 7) is 2.96. The second-order valence-electron chi connectivity index (χ2n) is 6.68. The quantitative estimate of drug-likeness (QED) is 0.906. The number of nitrogens with zero attached hydrogens (tertiary/aromatic N) is 3. The summed E-state index contributed by atoms with van der Waals surface area (Å²) >= 11 is 0. The van der Waals surface area contributed by atoms with E-state index in [-0.39, 0.29) is 17.7 Å². The van der Waals surface area contributed by atoms with Crippen LogP contribution >= 0.6 is 0 Å². The largest absolute Gasteiger partial charge is 0.481 e. The second-order valence-corrected chi connectivity index (χ2v) is 6.68. The monoisotopic (exact) mass is 341 g/mol. The number of carbonyl (C=O) groups excluding carboxylic acids is 1. The average molecular weight is 341 g/mol. The molecule has 0 bridgehead atoms. The highest BCUT2D eigenvalue weighted by atomic mass is 16.4. The summed E-state index contributed by atoms with van der Waals surface area (Å²) in [6.07, 6.45) is 5.33. The highest BCUT2D eigenvalue weighted by Crippen LogP contribution is 2.24. The van der Waals surface area contributed by atoms with Gasteiger partial charge in [0.1, 0.15) is 0 Å². The molecule has 3 rings (SSSR count). The Balaban J connectivity index is 1.53. The van der Waals surface area contributed by atoms with Crippen LogP contribution in [0.15, 0.2) is 42.7 Å². The number of rotatable bonds is 5. The van der Waals surface area contributed by atoms with Gasteiger partial charge in [-0.05, 0) is 36.5 Å². The standard InChI is InChI=1S/C19H23N3O3/c1-14-12-21(10-9-17(14)19(24)25)18(23)8-7-15-11-20-22(13-15)16-5-3-2-4-6-16/h2-6,11,13-14,17H,7-10,12H2,1H3,(H,24,25). The van der Waals surface area contributed by atoms with E-state index < -0.39 is 5.97 Å². The van der Waals surface area contributed by atoms with E-state index in [4.69, 9.17) is 5.11 Å². The van der Waals surface area contributed by atoms with Crippen LogP contribution in [0.3, 0.4) is 0 Å². The molecule has 1 fully saturated rings. The number of hydrogen-bond acceptors (Lipinski definition) is 3. The van der Waals surface area contributed by atoms with E-state index in [0.717, 1.165) is 11.3 Å². The molecular weight excluding hydrogens is 318 g/mol. The first-order valence-electron chi connectivity index (χ1n) is 8.64.